The number of phenols is 2. The zero-order valence-electron chi connectivity index (χ0n) is 27.4. The zero-order valence-corrected chi connectivity index (χ0v) is 27.4. The van der Waals surface area contributed by atoms with Crippen molar-refractivity contribution in [1.82, 2.24) is 14.8 Å². The molecule has 9 heteroatoms. The number of phenolic OH excluding ortho intramolecular Hbond substituents is 2. The smallest absolute Gasteiger partial charge is 0.166 e. The standard InChI is InChI=1S/C40H41N3O6/c44-24-7-5-19-11-26-39(46)12-21-22-13-40(47)34-27-20-6-8-25(45)33-29(20)38(40,14-23(27)43(34)16-18-3-4-18)36(49-33)31(22)41-30(21)35-37(39,28(19)32(24)48-35)9-10-42(26)15-17-1-2-17/h5-8,17-18,23,26-27,34-36,41,44-47H,1-4,9-16H2/t23-,26?,27+,34-,35+,36+,37?,38+,39-,40-/m1/s1. The number of aromatic nitrogens is 1. The minimum absolute atomic E-state index is 0.00671. The SMILES string of the molecule is Oc1ccc2c3c1O[C@H]1c4[nH]c5c(c4C[C@@]4(O)C(C2)N(CC2CC2)CCC314)C[C@@]1(O)[C@H]2[C@H]3c4ccc(O)c6c4[C@@]1(C[C@H]3N2CC1CC1)[C@H]5O6. The van der Waals surface area contributed by atoms with Crippen molar-refractivity contribution < 1.29 is 29.9 Å². The number of H-pyrrole nitrogens is 1. The van der Waals surface area contributed by atoms with E-state index in [0.29, 0.717) is 36.3 Å². The molecule has 49 heavy (non-hydrogen) atoms. The number of piperidine rings is 2. The summed E-state index contributed by atoms with van der Waals surface area (Å²) >= 11 is 0. The van der Waals surface area contributed by atoms with Crippen LogP contribution in [0.1, 0.15) is 101 Å². The summed E-state index contributed by atoms with van der Waals surface area (Å²) in [7, 11) is 0. The lowest BCUT2D eigenvalue weighted by Crippen LogP contribution is -2.86. The van der Waals surface area contributed by atoms with Crippen LogP contribution in [-0.4, -0.2) is 84.2 Å². The summed E-state index contributed by atoms with van der Waals surface area (Å²) in [5.41, 5.74) is 5.14. The van der Waals surface area contributed by atoms with Gasteiger partial charge in [0.05, 0.1) is 33.4 Å². The third-order valence-electron chi connectivity index (χ3n) is 16.4. The average Bonchev–Trinajstić information content (AvgIpc) is 3.98. The number of fused-ring (bicyclic) bond motifs is 5. The van der Waals surface area contributed by atoms with Crippen molar-refractivity contribution in [2.45, 2.75) is 116 Å². The first-order chi connectivity index (χ1) is 23.8. The van der Waals surface area contributed by atoms with E-state index in [-0.39, 0.29) is 29.5 Å². The monoisotopic (exact) mass is 659 g/mol. The van der Waals surface area contributed by atoms with E-state index in [1.807, 2.05) is 0 Å². The Balaban J connectivity index is 0.994. The topological polar surface area (TPSA) is 122 Å². The highest BCUT2D eigenvalue weighted by atomic mass is 16.5. The van der Waals surface area contributed by atoms with Crippen LogP contribution in [-0.2, 0) is 30.1 Å². The Labute approximate surface area is 283 Å². The number of hydrogen-bond acceptors (Lipinski definition) is 8. The maximum absolute atomic E-state index is 13.5. The van der Waals surface area contributed by atoms with E-state index in [1.165, 1.54) is 36.8 Å². The first kappa shape index (κ1) is 26.6. The molecule has 5 aliphatic heterocycles. The fourth-order valence-electron chi connectivity index (χ4n) is 14.2. The molecule has 6 fully saturated rings. The van der Waals surface area contributed by atoms with Gasteiger partial charge in [0, 0.05) is 61.1 Å². The van der Waals surface area contributed by atoms with Crippen molar-refractivity contribution in [2.24, 2.45) is 11.8 Å². The molecular formula is C40H41N3O6. The summed E-state index contributed by atoms with van der Waals surface area (Å²) in [4.78, 5) is 9.12. The van der Waals surface area contributed by atoms with Crippen LogP contribution in [0.25, 0.3) is 0 Å². The Bertz CT molecular complexity index is 2060. The molecular weight excluding hydrogens is 618 g/mol. The van der Waals surface area contributed by atoms with Crippen molar-refractivity contribution in [1.29, 1.82) is 0 Å². The minimum atomic E-state index is -1.09. The highest BCUT2D eigenvalue weighted by Crippen LogP contribution is 2.78. The van der Waals surface area contributed by atoms with E-state index in [9.17, 15) is 20.4 Å². The third kappa shape index (κ3) is 2.53. The molecule has 2 unspecified atom stereocenters. The molecule has 0 amide bonds. The quantitative estimate of drug-likeness (QED) is 0.287. The first-order valence-corrected chi connectivity index (χ1v) is 19.0. The molecule has 9 nitrogen and oxygen atoms in total. The Morgan fingerprint density at radius 1 is 0.796 bits per heavy atom. The molecule has 3 saturated heterocycles. The molecule has 252 valence electrons. The number of nitrogens with one attached hydrogen (secondary N) is 1. The molecule has 16 rings (SSSR count). The van der Waals surface area contributed by atoms with Crippen LogP contribution >= 0.6 is 0 Å². The van der Waals surface area contributed by atoms with Crippen LogP contribution in [0.2, 0.25) is 0 Å². The van der Waals surface area contributed by atoms with Gasteiger partial charge in [-0.1, -0.05) is 12.1 Å². The lowest BCUT2D eigenvalue weighted by molar-refractivity contribution is -0.255. The van der Waals surface area contributed by atoms with Gasteiger partial charge >= 0.3 is 0 Å². The number of ether oxygens (including phenoxy) is 2. The molecule has 8 aliphatic carbocycles. The second kappa shape index (κ2) is 7.66. The van der Waals surface area contributed by atoms with Gasteiger partial charge < -0.3 is 34.9 Å². The van der Waals surface area contributed by atoms with Gasteiger partial charge in [-0.2, -0.15) is 0 Å². The van der Waals surface area contributed by atoms with Crippen LogP contribution in [0.4, 0.5) is 0 Å². The number of hydrogen-bond donors (Lipinski definition) is 5. The first-order valence-electron chi connectivity index (χ1n) is 19.0. The fraction of sp³-hybridized carbons (Fsp3) is 0.600. The molecule has 0 radical (unpaired) electrons. The molecule has 5 N–H and O–H groups in total. The van der Waals surface area contributed by atoms with Gasteiger partial charge in [0.2, 0.25) is 0 Å². The normalized spacial score (nSPS) is 44.8. The summed E-state index contributed by atoms with van der Waals surface area (Å²) in [5, 5.41) is 49.5. The molecule has 3 aromatic rings. The predicted octanol–water partition coefficient (Wildman–Crippen LogP) is 3.75. The van der Waals surface area contributed by atoms with Crippen LogP contribution < -0.4 is 9.47 Å². The van der Waals surface area contributed by atoms with Crippen molar-refractivity contribution in [2.75, 3.05) is 19.6 Å². The highest BCUT2D eigenvalue weighted by molar-refractivity contribution is 5.71. The maximum atomic E-state index is 13.5. The number of aromatic amines is 1. The number of likely N-dealkylation sites (tertiary alicyclic amines) is 1. The molecule has 2 aromatic carbocycles. The van der Waals surface area contributed by atoms with Gasteiger partial charge in [0.1, 0.15) is 0 Å². The summed E-state index contributed by atoms with van der Waals surface area (Å²) in [5.74, 6) is 3.06. The average molecular weight is 660 g/mol. The highest BCUT2D eigenvalue weighted by Gasteiger charge is 2.82. The molecule has 13 aliphatic rings. The summed E-state index contributed by atoms with van der Waals surface area (Å²) in [6, 6.07) is 8.07. The van der Waals surface area contributed by atoms with E-state index in [1.54, 1.807) is 12.1 Å². The number of aromatic hydroxyl groups is 2. The molecule has 2 spiro atoms. The number of nitrogens with zero attached hydrogens (tertiary/aromatic N) is 2. The van der Waals surface area contributed by atoms with E-state index in [4.69, 9.17) is 9.47 Å². The van der Waals surface area contributed by atoms with Gasteiger partial charge in [-0.15, -0.1) is 0 Å². The number of rotatable bonds is 4. The molecule has 10 atom stereocenters. The van der Waals surface area contributed by atoms with Crippen LogP contribution in [0.3, 0.4) is 0 Å². The van der Waals surface area contributed by atoms with E-state index < -0.39 is 34.2 Å². The van der Waals surface area contributed by atoms with Gasteiger partial charge in [-0.25, -0.2) is 0 Å². The van der Waals surface area contributed by atoms with Gasteiger partial charge in [-0.3, -0.25) is 9.80 Å². The number of aliphatic hydroxyl groups is 2. The van der Waals surface area contributed by atoms with Crippen LogP contribution in [0.15, 0.2) is 24.3 Å². The van der Waals surface area contributed by atoms with E-state index in [2.05, 4.69) is 26.9 Å². The molecule has 6 bridgehead atoms. The van der Waals surface area contributed by atoms with E-state index in [0.717, 1.165) is 78.5 Å². The van der Waals surface area contributed by atoms with Gasteiger partial charge in [0.25, 0.3) is 0 Å². The lowest BCUT2D eigenvalue weighted by Gasteiger charge is -2.75. The Kier molecular flexibility index (Phi) is 4.15. The van der Waals surface area contributed by atoms with Crippen LogP contribution in [0, 0.1) is 11.8 Å². The lowest BCUT2D eigenvalue weighted by atomic mass is 9.38. The Hall–Kier alpha value is -3.24. The third-order valence-corrected chi connectivity index (χ3v) is 16.4. The van der Waals surface area contributed by atoms with Crippen LogP contribution in [0.5, 0.6) is 23.0 Å². The minimum Gasteiger partial charge on any atom is -0.504 e. The molecule has 3 saturated carbocycles. The Morgan fingerprint density at radius 3 is 2.22 bits per heavy atom. The summed E-state index contributed by atoms with van der Waals surface area (Å²) in [6.07, 6.45) is 7.46. The second-order valence-electron chi connectivity index (χ2n) is 18.2. The Morgan fingerprint density at radius 2 is 1.47 bits per heavy atom. The van der Waals surface area contributed by atoms with E-state index >= 15 is 0 Å². The zero-order chi connectivity index (χ0) is 32.1. The second-order valence-corrected chi connectivity index (χ2v) is 18.2. The van der Waals surface area contributed by atoms with Crippen molar-refractivity contribution in [3.8, 4) is 23.0 Å². The summed E-state index contributed by atoms with van der Waals surface area (Å²) in [6.45, 7) is 2.98. The largest absolute Gasteiger partial charge is 0.504 e. The molecule has 1 aromatic heterocycles. The van der Waals surface area contributed by atoms with Gasteiger partial charge in [0.15, 0.2) is 35.2 Å². The maximum Gasteiger partial charge on any atom is 0.166 e. The fourth-order valence-corrected chi connectivity index (χ4v) is 14.2. The number of benzene rings is 2. The van der Waals surface area contributed by atoms with Crippen molar-refractivity contribution >= 4 is 0 Å². The molecule has 6 heterocycles. The van der Waals surface area contributed by atoms with Gasteiger partial charge in [-0.05, 0) is 97.7 Å². The van der Waals surface area contributed by atoms with Crippen molar-refractivity contribution in [3.05, 3.63) is 69.0 Å². The summed E-state index contributed by atoms with van der Waals surface area (Å²) < 4.78 is 13.9. The van der Waals surface area contributed by atoms with Crippen molar-refractivity contribution in [3.63, 3.8) is 0 Å². The predicted molar refractivity (Wildman–Crippen MR) is 175 cm³/mol.